The standard InChI is InChI=1S/C18H19NO3/c1-19-16-7-5-4-6-14(16)15(18(19)20)11-12-10-13(21-2)8-9-17(12)22-3/h4-10,15H,11H2,1-3H3/t15-/m0/s1. The predicted octanol–water partition coefficient (Wildman–Crippen LogP) is 3.01. The first-order valence-electron chi connectivity index (χ1n) is 7.23. The van der Waals surface area contributed by atoms with E-state index in [0.29, 0.717) is 6.42 Å². The fraction of sp³-hybridized carbons (Fsp3) is 0.278. The first-order valence-corrected chi connectivity index (χ1v) is 7.23. The summed E-state index contributed by atoms with van der Waals surface area (Å²) in [6.07, 6.45) is 0.598. The highest BCUT2D eigenvalue weighted by Crippen LogP contribution is 2.39. The molecule has 2 aromatic rings. The second-order valence-electron chi connectivity index (χ2n) is 5.39. The van der Waals surface area contributed by atoms with E-state index in [9.17, 15) is 4.79 Å². The summed E-state index contributed by atoms with van der Waals surface area (Å²) in [5.41, 5.74) is 3.03. The smallest absolute Gasteiger partial charge is 0.234 e. The first kappa shape index (κ1) is 14.4. The molecule has 0 radical (unpaired) electrons. The van der Waals surface area contributed by atoms with Crippen molar-refractivity contribution < 1.29 is 14.3 Å². The number of amides is 1. The Hall–Kier alpha value is -2.49. The van der Waals surface area contributed by atoms with Crippen molar-refractivity contribution in [3.05, 3.63) is 53.6 Å². The van der Waals surface area contributed by atoms with Crippen LogP contribution in [0.3, 0.4) is 0 Å². The topological polar surface area (TPSA) is 38.8 Å². The lowest BCUT2D eigenvalue weighted by Crippen LogP contribution is -2.25. The maximum absolute atomic E-state index is 12.6. The van der Waals surface area contributed by atoms with Crippen LogP contribution < -0.4 is 14.4 Å². The van der Waals surface area contributed by atoms with Crippen LogP contribution in [-0.2, 0) is 11.2 Å². The van der Waals surface area contributed by atoms with E-state index in [4.69, 9.17) is 9.47 Å². The van der Waals surface area contributed by atoms with Gasteiger partial charge in [0.1, 0.15) is 11.5 Å². The zero-order chi connectivity index (χ0) is 15.7. The lowest BCUT2D eigenvalue weighted by atomic mass is 9.92. The van der Waals surface area contributed by atoms with Gasteiger partial charge in [0.15, 0.2) is 0 Å². The molecule has 0 aliphatic carbocycles. The van der Waals surface area contributed by atoms with Crippen molar-refractivity contribution in [2.75, 3.05) is 26.2 Å². The number of rotatable bonds is 4. The Bertz CT molecular complexity index is 711. The molecule has 0 unspecified atom stereocenters. The Morgan fingerprint density at radius 1 is 1.09 bits per heavy atom. The molecule has 0 N–H and O–H groups in total. The summed E-state index contributed by atoms with van der Waals surface area (Å²) < 4.78 is 10.7. The molecular weight excluding hydrogens is 278 g/mol. The van der Waals surface area contributed by atoms with E-state index >= 15 is 0 Å². The van der Waals surface area contributed by atoms with Gasteiger partial charge >= 0.3 is 0 Å². The van der Waals surface area contributed by atoms with E-state index in [1.54, 1.807) is 19.1 Å². The third-order valence-electron chi connectivity index (χ3n) is 4.21. The number of para-hydroxylation sites is 1. The van der Waals surface area contributed by atoms with Crippen molar-refractivity contribution in [1.29, 1.82) is 0 Å². The summed E-state index contributed by atoms with van der Waals surface area (Å²) in [6.45, 7) is 0. The van der Waals surface area contributed by atoms with Crippen LogP contribution in [0, 0.1) is 0 Å². The van der Waals surface area contributed by atoms with E-state index < -0.39 is 0 Å². The molecular formula is C18H19NO3. The number of hydrogen-bond acceptors (Lipinski definition) is 3. The summed E-state index contributed by atoms with van der Waals surface area (Å²) in [6, 6.07) is 13.6. The molecule has 4 nitrogen and oxygen atoms in total. The first-order chi connectivity index (χ1) is 10.7. The highest BCUT2D eigenvalue weighted by molar-refractivity contribution is 6.04. The highest BCUT2D eigenvalue weighted by atomic mass is 16.5. The third kappa shape index (κ3) is 2.30. The number of carbonyl (C=O) groups is 1. The van der Waals surface area contributed by atoms with Crippen LogP contribution in [0.5, 0.6) is 11.5 Å². The number of nitrogens with zero attached hydrogens (tertiary/aromatic N) is 1. The summed E-state index contributed by atoms with van der Waals surface area (Å²) in [5, 5.41) is 0. The molecule has 3 rings (SSSR count). The molecule has 0 bridgehead atoms. The highest BCUT2D eigenvalue weighted by Gasteiger charge is 2.35. The van der Waals surface area contributed by atoms with Crippen LogP contribution in [0.25, 0.3) is 0 Å². The van der Waals surface area contributed by atoms with E-state index in [1.165, 1.54) is 0 Å². The van der Waals surface area contributed by atoms with Crippen LogP contribution in [0.4, 0.5) is 5.69 Å². The molecule has 1 amide bonds. The van der Waals surface area contributed by atoms with E-state index in [-0.39, 0.29) is 11.8 Å². The van der Waals surface area contributed by atoms with Crippen molar-refractivity contribution >= 4 is 11.6 Å². The van der Waals surface area contributed by atoms with Gasteiger partial charge in [-0.1, -0.05) is 18.2 Å². The van der Waals surface area contributed by atoms with E-state index in [2.05, 4.69) is 0 Å². The van der Waals surface area contributed by atoms with Crippen molar-refractivity contribution in [1.82, 2.24) is 0 Å². The average Bonchev–Trinajstić information content (AvgIpc) is 2.80. The lowest BCUT2D eigenvalue weighted by Gasteiger charge is -2.14. The second-order valence-corrected chi connectivity index (χ2v) is 5.39. The Morgan fingerprint density at radius 2 is 1.86 bits per heavy atom. The minimum absolute atomic E-state index is 0.117. The monoisotopic (exact) mass is 297 g/mol. The van der Waals surface area contributed by atoms with Crippen LogP contribution in [0.1, 0.15) is 17.0 Å². The van der Waals surface area contributed by atoms with Crippen molar-refractivity contribution in [2.24, 2.45) is 0 Å². The van der Waals surface area contributed by atoms with Gasteiger partial charge in [-0.05, 0) is 41.8 Å². The van der Waals surface area contributed by atoms with Gasteiger partial charge in [0, 0.05) is 12.7 Å². The van der Waals surface area contributed by atoms with E-state index in [0.717, 1.165) is 28.3 Å². The molecule has 0 fully saturated rings. The number of carbonyl (C=O) groups excluding carboxylic acids is 1. The number of likely N-dealkylation sites (N-methyl/N-ethyl adjacent to an activating group) is 1. The fourth-order valence-corrected chi connectivity index (χ4v) is 3.03. The molecule has 2 aromatic carbocycles. The maximum atomic E-state index is 12.6. The Morgan fingerprint density at radius 3 is 2.59 bits per heavy atom. The van der Waals surface area contributed by atoms with Crippen LogP contribution >= 0.6 is 0 Å². The predicted molar refractivity (Wildman–Crippen MR) is 85.8 cm³/mol. The van der Waals surface area contributed by atoms with Gasteiger partial charge in [-0.15, -0.1) is 0 Å². The zero-order valence-electron chi connectivity index (χ0n) is 13.0. The van der Waals surface area contributed by atoms with Gasteiger partial charge in [-0.3, -0.25) is 4.79 Å². The second kappa shape index (κ2) is 5.72. The lowest BCUT2D eigenvalue weighted by molar-refractivity contribution is -0.119. The van der Waals surface area contributed by atoms with Gasteiger partial charge in [0.05, 0.1) is 20.1 Å². The maximum Gasteiger partial charge on any atom is 0.234 e. The van der Waals surface area contributed by atoms with Gasteiger partial charge in [-0.2, -0.15) is 0 Å². The quantitative estimate of drug-likeness (QED) is 0.871. The summed E-state index contributed by atoms with van der Waals surface area (Å²) in [4.78, 5) is 14.3. The molecule has 1 aliphatic rings. The summed E-state index contributed by atoms with van der Waals surface area (Å²) in [5.74, 6) is 1.48. The van der Waals surface area contributed by atoms with Gasteiger partial charge < -0.3 is 14.4 Å². The molecule has 1 heterocycles. The Kier molecular flexibility index (Phi) is 3.75. The van der Waals surface area contributed by atoms with Crippen molar-refractivity contribution in [3.8, 4) is 11.5 Å². The summed E-state index contributed by atoms with van der Waals surface area (Å²) >= 11 is 0. The molecule has 0 saturated heterocycles. The normalized spacial score (nSPS) is 16.6. The number of fused-ring (bicyclic) bond motifs is 1. The van der Waals surface area contributed by atoms with Crippen LogP contribution in [0.15, 0.2) is 42.5 Å². The molecule has 0 aromatic heterocycles. The average molecular weight is 297 g/mol. The Labute approximate surface area is 130 Å². The minimum Gasteiger partial charge on any atom is -0.497 e. The van der Waals surface area contributed by atoms with E-state index in [1.807, 2.05) is 49.5 Å². The number of ether oxygens (including phenoxy) is 2. The number of benzene rings is 2. The van der Waals surface area contributed by atoms with Crippen molar-refractivity contribution in [2.45, 2.75) is 12.3 Å². The largest absolute Gasteiger partial charge is 0.497 e. The molecule has 1 atom stereocenters. The number of anilines is 1. The fourth-order valence-electron chi connectivity index (χ4n) is 3.03. The Balaban J connectivity index is 1.98. The zero-order valence-corrected chi connectivity index (χ0v) is 13.0. The summed E-state index contributed by atoms with van der Waals surface area (Å²) in [7, 11) is 5.10. The molecule has 114 valence electrons. The van der Waals surface area contributed by atoms with Gasteiger partial charge in [0.2, 0.25) is 5.91 Å². The van der Waals surface area contributed by atoms with Gasteiger partial charge in [0.25, 0.3) is 0 Å². The molecule has 1 aliphatic heterocycles. The third-order valence-corrected chi connectivity index (χ3v) is 4.21. The van der Waals surface area contributed by atoms with Crippen LogP contribution in [0.2, 0.25) is 0 Å². The molecule has 22 heavy (non-hydrogen) atoms. The van der Waals surface area contributed by atoms with Gasteiger partial charge in [-0.25, -0.2) is 0 Å². The molecule has 0 saturated carbocycles. The van der Waals surface area contributed by atoms with Crippen molar-refractivity contribution in [3.63, 3.8) is 0 Å². The SMILES string of the molecule is COc1ccc(OC)c(C[C@@H]2C(=O)N(C)c3ccccc32)c1. The molecule has 0 spiro atoms. The van der Waals surface area contributed by atoms with Crippen LogP contribution in [-0.4, -0.2) is 27.2 Å². The molecule has 4 heteroatoms. The number of hydrogen-bond donors (Lipinski definition) is 0. The minimum atomic E-state index is -0.179. The number of methoxy groups -OCH3 is 2.